The van der Waals surface area contributed by atoms with Crippen LogP contribution in [0.2, 0.25) is 0 Å². The lowest BCUT2D eigenvalue weighted by Crippen LogP contribution is -2.28. The van der Waals surface area contributed by atoms with Crippen LogP contribution in [0.15, 0.2) is 32.9 Å². The zero-order valence-corrected chi connectivity index (χ0v) is 12.2. The summed E-state index contributed by atoms with van der Waals surface area (Å²) in [5.41, 5.74) is 1.32. The molecule has 11 heteroatoms. The van der Waals surface area contributed by atoms with Crippen LogP contribution in [0.1, 0.15) is 12.0 Å². The smallest absolute Gasteiger partial charge is 0.342 e. The Morgan fingerprint density at radius 1 is 1.29 bits per heavy atom. The van der Waals surface area contributed by atoms with Crippen molar-refractivity contribution in [2.24, 2.45) is 5.10 Å². The number of anilines is 1. The summed E-state index contributed by atoms with van der Waals surface area (Å²) in [5, 5.41) is 30.3. The highest BCUT2D eigenvalue weighted by Crippen LogP contribution is 2.23. The first-order valence-corrected chi connectivity index (χ1v) is 6.72. The van der Waals surface area contributed by atoms with E-state index in [1.54, 1.807) is 0 Å². The zero-order chi connectivity index (χ0) is 17.5. The van der Waals surface area contributed by atoms with Crippen LogP contribution in [-0.4, -0.2) is 44.1 Å². The summed E-state index contributed by atoms with van der Waals surface area (Å²) >= 11 is 0. The Morgan fingerprint density at radius 3 is 2.79 bits per heavy atom. The predicted octanol–water partition coefficient (Wildman–Crippen LogP) is -1.18. The second-order valence-electron chi connectivity index (χ2n) is 4.57. The van der Waals surface area contributed by atoms with Crippen molar-refractivity contribution in [3.05, 3.63) is 44.6 Å². The van der Waals surface area contributed by atoms with Gasteiger partial charge in [-0.15, -0.1) is 5.10 Å². The SMILES string of the molecule is O=C(CCNc1n[nH]c(=O)[nH]c1=O)N/N=C/c1ccc(O)c(O)c1. The molecule has 0 spiro atoms. The highest BCUT2D eigenvalue weighted by molar-refractivity contribution is 5.83. The van der Waals surface area contributed by atoms with Gasteiger partial charge in [-0.3, -0.25) is 14.6 Å². The Hall–Kier alpha value is -3.63. The molecule has 1 aromatic carbocycles. The number of H-pyrrole nitrogens is 2. The van der Waals surface area contributed by atoms with E-state index in [1.165, 1.54) is 24.4 Å². The molecule has 0 saturated carbocycles. The second-order valence-corrected chi connectivity index (χ2v) is 4.57. The molecule has 1 amide bonds. The molecule has 0 radical (unpaired) electrons. The number of amides is 1. The largest absolute Gasteiger partial charge is 0.504 e. The van der Waals surface area contributed by atoms with Gasteiger partial charge in [-0.2, -0.15) is 5.10 Å². The monoisotopic (exact) mass is 334 g/mol. The van der Waals surface area contributed by atoms with Gasteiger partial charge in [0.05, 0.1) is 6.21 Å². The van der Waals surface area contributed by atoms with Gasteiger partial charge in [0.15, 0.2) is 11.5 Å². The Labute approximate surface area is 134 Å². The molecule has 1 aromatic heterocycles. The van der Waals surface area contributed by atoms with Gasteiger partial charge >= 0.3 is 5.69 Å². The summed E-state index contributed by atoms with van der Waals surface area (Å²) in [7, 11) is 0. The summed E-state index contributed by atoms with van der Waals surface area (Å²) in [6.07, 6.45) is 1.29. The Morgan fingerprint density at radius 2 is 2.08 bits per heavy atom. The highest BCUT2D eigenvalue weighted by atomic mass is 16.3. The number of aromatic nitrogens is 3. The number of rotatable bonds is 6. The van der Waals surface area contributed by atoms with Crippen LogP contribution >= 0.6 is 0 Å². The van der Waals surface area contributed by atoms with Gasteiger partial charge in [0.1, 0.15) is 0 Å². The third-order valence-electron chi connectivity index (χ3n) is 2.76. The quantitative estimate of drug-likeness (QED) is 0.219. The molecule has 1 heterocycles. The van der Waals surface area contributed by atoms with Gasteiger partial charge in [-0.25, -0.2) is 15.3 Å². The number of phenolic OH excluding ortho intramolecular Hbond substituents is 2. The molecular formula is C13H14N6O5. The summed E-state index contributed by atoms with van der Waals surface area (Å²) in [6.45, 7) is 0.101. The normalized spacial score (nSPS) is 10.7. The van der Waals surface area contributed by atoms with Crippen molar-refractivity contribution in [1.82, 2.24) is 20.6 Å². The van der Waals surface area contributed by atoms with E-state index < -0.39 is 17.2 Å². The van der Waals surface area contributed by atoms with Crippen molar-refractivity contribution in [2.75, 3.05) is 11.9 Å². The second kappa shape index (κ2) is 7.58. The number of phenols is 2. The molecule has 11 nitrogen and oxygen atoms in total. The molecule has 126 valence electrons. The maximum atomic E-state index is 11.6. The van der Waals surface area contributed by atoms with Crippen LogP contribution in [0.25, 0.3) is 0 Å². The molecule has 0 bridgehead atoms. The molecule has 0 saturated heterocycles. The first-order valence-electron chi connectivity index (χ1n) is 6.72. The number of carbonyl (C=O) groups excluding carboxylic acids is 1. The number of aromatic hydroxyl groups is 2. The van der Waals surface area contributed by atoms with Crippen LogP contribution in [0.5, 0.6) is 11.5 Å². The Bertz CT molecular complexity index is 872. The molecule has 0 aliphatic rings. The standard InChI is InChI=1S/C13H14N6O5/c20-8-2-1-7(5-9(8)21)6-15-17-10(22)3-4-14-11-12(23)16-13(24)19-18-11/h1-2,5-6,20-21H,3-4H2,(H,14,18)(H,17,22)(H2,16,19,23,24)/b15-6+. The van der Waals surface area contributed by atoms with Crippen molar-refractivity contribution in [1.29, 1.82) is 0 Å². The third kappa shape index (κ3) is 4.69. The van der Waals surface area contributed by atoms with E-state index in [2.05, 4.69) is 26.0 Å². The minimum atomic E-state index is -0.724. The number of nitrogens with zero attached hydrogens (tertiary/aromatic N) is 2. The summed E-state index contributed by atoms with van der Waals surface area (Å²) < 4.78 is 0. The molecule has 2 aromatic rings. The van der Waals surface area contributed by atoms with Crippen molar-refractivity contribution in [2.45, 2.75) is 6.42 Å². The molecule has 24 heavy (non-hydrogen) atoms. The van der Waals surface area contributed by atoms with E-state index in [0.29, 0.717) is 5.56 Å². The fourth-order valence-corrected chi connectivity index (χ4v) is 1.62. The van der Waals surface area contributed by atoms with E-state index in [4.69, 9.17) is 5.11 Å². The zero-order valence-electron chi connectivity index (χ0n) is 12.2. The van der Waals surface area contributed by atoms with Crippen LogP contribution in [-0.2, 0) is 4.79 Å². The number of nitrogens with one attached hydrogen (secondary N) is 4. The lowest BCUT2D eigenvalue weighted by molar-refractivity contribution is -0.120. The third-order valence-corrected chi connectivity index (χ3v) is 2.76. The topological polar surface area (TPSA) is 173 Å². The average molecular weight is 334 g/mol. The van der Waals surface area contributed by atoms with Crippen molar-refractivity contribution < 1.29 is 15.0 Å². The minimum Gasteiger partial charge on any atom is -0.504 e. The first-order chi connectivity index (χ1) is 11.5. The predicted molar refractivity (Wildman–Crippen MR) is 84.1 cm³/mol. The van der Waals surface area contributed by atoms with E-state index >= 15 is 0 Å². The highest BCUT2D eigenvalue weighted by Gasteiger charge is 2.04. The lowest BCUT2D eigenvalue weighted by atomic mass is 10.2. The lowest BCUT2D eigenvalue weighted by Gasteiger charge is -2.03. The number of carbonyl (C=O) groups is 1. The number of hydrogen-bond acceptors (Lipinski definition) is 8. The number of hydrogen-bond donors (Lipinski definition) is 6. The molecule has 6 N–H and O–H groups in total. The van der Waals surface area contributed by atoms with Crippen LogP contribution in [0.3, 0.4) is 0 Å². The summed E-state index contributed by atoms with van der Waals surface area (Å²) in [5.74, 6) is -1.09. The fourth-order valence-electron chi connectivity index (χ4n) is 1.62. The van der Waals surface area contributed by atoms with Crippen LogP contribution in [0, 0.1) is 0 Å². The van der Waals surface area contributed by atoms with Crippen molar-refractivity contribution in [3.8, 4) is 11.5 Å². The molecule has 0 aliphatic carbocycles. The molecule has 0 aliphatic heterocycles. The number of benzene rings is 1. The maximum absolute atomic E-state index is 11.6. The van der Waals surface area contributed by atoms with Gasteiger partial charge in [0, 0.05) is 13.0 Å². The van der Waals surface area contributed by atoms with E-state index in [9.17, 15) is 19.5 Å². The number of aromatic amines is 2. The number of hydrazone groups is 1. The Kier molecular flexibility index (Phi) is 5.28. The molecule has 0 unspecified atom stereocenters. The van der Waals surface area contributed by atoms with Crippen LogP contribution in [0.4, 0.5) is 5.82 Å². The summed E-state index contributed by atoms with van der Waals surface area (Å²) in [6, 6.07) is 4.07. The van der Waals surface area contributed by atoms with E-state index in [1.807, 2.05) is 4.98 Å². The van der Waals surface area contributed by atoms with Gasteiger partial charge < -0.3 is 15.5 Å². The van der Waals surface area contributed by atoms with Crippen molar-refractivity contribution in [3.63, 3.8) is 0 Å². The van der Waals surface area contributed by atoms with Gasteiger partial charge in [-0.05, 0) is 23.8 Å². The average Bonchev–Trinajstić information content (AvgIpc) is 2.53. The molecule has 0 atom stereocenters. The van der Waals surface area contributed by atoms with Gasteiger partial charge in [-0.1, -0.05) is 0 Å². The van der Waals surface area contributed by atoms with Crippen molar-refractivity contribution >= 4 is 17.9 Å². The molecule has 0 fully saturated rings. The van der Waals surface area contributed by atoms with Gasteiger partial charge in [0.2, 0.25) is 11.7 Å². The first kappa shape index (κ1) is 16.7. The van der Waals surface area contributed by atoms with Crippen LogP contribution < -0.4 is 22.0 Å². The van der Waals surface area contributed by atoms with E-state index in [0.717, 1.165) is 0 Å². The van der Waals surface area contributed by atoms with Gasteiger partial charge in [0.25, 0.3) is 5.56 Å². The van der Waals surface area contributed by atoms with E-state index in [-0.39, 0.29) is 30.3 Å². The molecular weight excluding hydrogens is 320 g/mol. The molecule has 2 rings (SSSR count). The maximum Gasteiger partial charge on any atom is 0.342 e. The fraction of sp³-hybridized carbons (Fsp3) is 0.154. The summed E-state index contributed by atoms with van der Waals surface area (Å²) in [4.78, 5) is 35.7. The minimum absolute atomic E-state index is 0.00157. The Balaban J connectivity index is 1.78.